The van der Waals surface area contributed by atoms with Gasteiger partial charge in [-0.1, -0.05) is 0 Å². The molecular weight excluding hydrogens is 128 g/mol. The maximum absolute atomic E-state index is 9.81. The topological polar surface area (TPSA) is 45.8 Å². The minimum Gasteiger partial charge on any atom is -0.298 e. The fourth-order valence-electron chi connectivity index (χ4n) is 0.325. The highest BCUT2D eigenvalue weighted by molar-refractivity contribution is 5.85. The van der Waals surface area contributed by atoms with Crippen molar-refractivity contribution in [1.82, 2.24) is 10.2 Å². The number of aldehydes is 1. The van der Waals surface area contributed by atoms with E-state index in [1.165, 1.54) is 12.4 Å². The monoisotopic (exact) mass is 132 g/mol. The predicted molar refractivity (Wildman–Crippen MR) is 31.2 cm³/mol. The summed E-state index contributed by atoms with van der Waals surface area (Å²) >= 11 is 0. The van der Waals surface area contributed by atoms with Gasteiger partial charge in [0.2, 0.25) is 0 Å². The Hall–Kier alpha value is -0.830. The molecule has 1 heterocycles. The number of hydrogen-bond donors (Lipinski definition) is 1. The number of aromatic nitrogens is 2. The van der Waals surface area contributed by atoms with Crippen LogP contribution >= 0.6 is 12.4 Å². The molecule has 0 saturated carbocycles. The first-order chi connectivity index (χ1) is 3.43. The van der Waals surface area contributed by atoms with Crippen LogP contribution in [0.15, 0.2) is 12.4 Å². The Morgan fingerprint density at radius 1 is 1.75 bits per heavy atom. The van der Waals surface area contributed by atoms with E-state index in [1.807, 2.05) is 0 Å². The van der Waals surface area contributed by atoms with Gasteiger partial charge in [-0.05, 0) is 0 Å². The minimum absolute atomic E-state index is 0. The highest BCUT2D eigenvalue weighted by atomic mass is 35.5. The minimum atomic E-state index is 0. The zero-order valence-electron chi connectivity index (χ0n) is 4.00. The fourth-order valence-corrected chi connectivity index (χ4v) is 0.325. The second-order valence-corrected chi connectivity index (χ2v) is 1.15. The Kier molecular flexibility index (Phi) is 2.88. The largest absolute Gasteiger partial charge is 0.298 e. The van der Waals surface area contributed by atoms with Crippen molar-refractivity contribution >= 4 is 18.7 Å². The lowest BCUT2D eigenvalue weighted by molar-refractivity contribution is 0.112. The second kappa shape index (κ2) is 3.21. The van der Waals surface area contributed by atoms with Crippen LogP contribution in [-0.4, -0.2) is 16.5 Å². The number of carbonyl (C=O) groups excluding carboxylic acids is 1. The van der Waals surface area contributed by atoms with E-state index in [1.54, 1.807) is 0 Å². The van der Waals surface area contributed by atoms with Crippen molar-refractivity contribution in [3.63, 3.8) is 0 Å². The fraction of sp³-hybridized carbons (Fsp3) is 0. The number of halogens is 1. The first-order valence-corrected chi connectivity index (χ1v) is 1.87. The van der Waals surface area contributed by atoms with E-state index in [4.69, 9.17) is 0 Å². The highest BCUT2D eigenvalue weighted by Gasteiger charge is 1.83. The van der Waals surface area contributed by atoms with Gasteiger partial charge in [0.15, 0.2) is 6.29 Å². The quantitative estimate of drug-likeness (QED) is 0.570. The zero-order valence-corrected chi connectivity index (χ0v) is 4.81. The van der Waals surface area contributed by atoms with Gasteiger partial charge >= 0.3 is 0 Å². The summed E-state index contributed by atoms with van der Waals surface area (Å²) in [5.74, 6) is 0. The van der Waals surface area contributed by atoms with Crippen LogP contribution in [0.4, 0.5) is 0 Å². The smallest absolute Gasteiger partial charge is 0.153 e. The number of nitrogens with one attached hydrogen (secondary N) is 1. The van der Waals surface area contributed by atoms with Crippen LogP contribution in [0.25, 0.3) is 0 Å². The van der Waals surface area contributed by atoms with E-state index in [0.29, 0.717) is 5.56 Å². The number of aromatic amines is 1. The van der Waals surface area contributed by atoms with Crippen LogP contribution in [0.1, 0.15) is 10.4 Å². The molecule has 0 unspecified atom stereocenters. The molecule has 0 spiro atoms. The molecule has 8 heavy (non-hydrogen) atoms. The summed E-state index contributed by atoms with van der Waals surface area (Å²) in [6, 6.07) is 0. The Morgan fingerprint density at radius 2 is 2.50 bits per heavy atom. The SMILES string of the molecule is Cl.O=Cc1cn[nH]c1. The van der Waals surface area contributed by atoms with Crippen molar-refractivity contribution < 1.29 is 4.79 Å². The third kappa shape index (κ3) is 1.35. The van der Waals surface area contributed by atoms with Gasteiger partial charge < -0.3 is 0 Å². The van der Waals surface area contributed by atoms with Crippen molar-refractivity contribution in [3.05, 3.63) is 18.0 Å². The summed E-state index contributed by atoms with van der Waals surface area (Å²) < 4.78 is 0. The van der Waals surface area contributed by atoms with Gasteiger partial charge in [-0.2, -0.15) is 5.10 Å². The van der Waals surface area contributed by atoms with Crippen molar-refractivity contribution in [2.75, 3.05) is 0 Å². The average Bonchev–Trinajstić information content (AvgIpc) is 2.14. The van der Waals surface area contributed by atoms with Gasteiger partial charge in [-0.15, -0.1) is 12.4 Å². The van der Waals surface area contributed by atoms with Gasteiger partial charge in [0.05, 0.1) is 11.8 Å². The predicted octanol–water partition coefficient (Wildman–Crippen LogP) is 0.644. The standard InChI is InChI=1S/C4H4N2O.ClH/c7-3-4-1-5-6-2-4;/h1-3H,(H,5,6);1H. The molecule has 0 amide bonds. The maximum Gasteiger partial charge on any atom is 0.153 e. The molecule has 1 N–H and O–H groups in total. The molecule has 0 fully saturated rings. The number of hydrogen-bond acceptors (Lipinski definition) is 2. The first-order valence-electron chi connectivity index (χ1n) is 1.87. The van der Waals surface area contributed by atoms with E-state index in [0.717, 1.165) is 6.29 Å². The molecule has 0 saturated heterocycles. The summed E-state index contributed by atoms with van der Waals surface area (Å²) in [6.45, 7) is 0. The van der Waals surface area contributed by atoms with Crippen LogP contribution in [0.5, 0.6) is 0 Å². The van der Waals surface area contributed by atoms with Crippen molar-refractivity contribution in [3.8, 4) is 0 Å². The van der Waals surface area contributed by atoms with Crippen molar-refractivity contribution in [2.45, 2.75) is 0 Å². The number of rotatable bonds is 1. The molecule has 1 aromatic rings. The van der Waals surface area contributed by atoms with Crippen LogP contribution in [0, 0.1) is 0 Å². The van der Waals surface area contributed by atoms with Gasteiger partial charge in [0.1, 0.15) is 0 Å². The molecule has 0 aromatic carbocycles. The van der Waals surface area contributed by atoms with E-state index in [2.05, 4.69) is 10.2 Å². The van der Waals surface area contributed by atoms with Crippen LogP contribution in [0.3, 0.4) is 0 Å². The summed E-state index contributed by atoms with van der Waals surface area (Å²) in [7, 11) is 0. The lowest BCUT2D eigenvalue weighted by atomic mass is 10.4. The number of carbonyl (C=O) groups is 1. The Balaban J connectivity index is 0.000000490. The van der Waals surface area contributed by atoms with Gasteiger partial charge in [-0.3, -0.25) is 9.89 Å². The zero-order chi connectivity index (χ0) is 5.11. The lowest BCUT2D eigenvalue weighted by Crippen LogP contribution is -1.66. The number of nitrogens with zero attached hydrogens (tertiary/aromatic N) is 1. The van der Waals surface area contributed by atoms with Crippen molar-refractivity contribution in [1.29, 1.82) is 0 Å². The Bertz CT molecular complexity index is 149. The highest BCUT2D eigenvalue weighted by Crippen LogP contribution is 1.83. The van der Waals surface area contributed by atoms with Crippen molar-refractivity contribution in [2.24, 2.45) is 0 Å². The molecule has 0 atom stereocenters. The third-order valence-corrected chi connectivity index (χ3v) is 0.655. The molecule has 0 radical (unpaired) electrons. The molecule has 3 nitrogen and oxygen atoms in total. The second-order valence-electron chi connectivity index (χ2n) is 1.15. The Labute approximate surface area is 52.5 Å². The Morgan fingerprint density at radius 3 is 2.75 bits per heavy atom. The van der Waals surface area contributed by atoms with E-state index in [-0.39, 0.29) is 12.4 Å². The molecule has 0 aliphatic rings. The molecule has 0 bridgehead atoms. The van der Waals surface area contributed by atoms with Gasteiger partial charge in [0, 0.05) is 6.20 Å². The average molecular weight is 133 g/mol. The van der Waals surface area contributed by atoms with Gasteiger partial charge in [-0.25, -0.2) is 0 Å². The molecule has 1 aromatic heterocycles. The molecule has 1 rings (SSSR count). The first kappa shape index (κ1) is 7.17. The van der Waals surface area contributed by atoms with E-state index in [9.17, 15) is 4.79 Å². The molecular formula is C4H5ClN2O. The third-order valence-electron chi connectivity index (χ3n) is 0.655. The normalized spacial score (nSPS) is 7.50. The molecule has 0 aliphatic heterocycles. The van der Waals surface area contributed by atoms with Gasteiger partial charge in [0.25, 0.3) is 0 Å². The molecule has 0 aliphatic carbocycles. The summed E-state index contributed by atoms with van der Waals surface area (Å²) in [5.41, 5.74) is 0.583. The molecule has 4 heteroatoms. The summed E-state index contributed by atoms with van der Waals surface area (Å²) in [5, 5.41) is 6.04. The molecule has 44 valence electrons. The van der Waals surface area contributed by atoms with Crippen LogP contribution < -0.4 is 0 Å². The number of H-pyrrole nitrogens is 1. The maximum atomic E-state index is 9.81. The van der Waals surface area contributed by atoms with E-state index >= 15 is 0 Å². The summed E-state index contributed by atoms with van der Waals surface area (Å²) in [4.78, 5) is 9.81. The van der Waals surface area contributed by atoms with Crippen LogP contribution in [0.2, 0.25) is 0 Å². The summed E-state index contributed by atoms with van der Waals surface area (Å²) in [6.07, 6.45) is 3.74. The lowest BCUT2D eigenvalue weighted by Gasteiger charge is -1.63. The van der Waals surface area contributed by atoms with Crippen LogP contribution in [-0.2, 0) is 0 Å². The van der Waals surface area contributed by atoms with E-state index < -0.39 is 0 Å².